The second kappa shape index (κ2) is 9.65. The molecule has 0 saturated carbocycles. The van der Waals surface area contributed by atoms with Gasteiger partial charge in [0.05, 0.1) is 6.42 Å². The molecule has 152 valence electrons. The third-order valence-corrected chi connectivity index (χ3v) is 4.62. The molecule has 0 bridgehead atoms. The van der Waals surface area contributed by atoms with Gasteiger partial charge in [0.1, 0.15) is 0 Å². The van der Waals surface area contributed by atoms with Crippen LogP contribution in [-0.4, -0.2) is 23.8 Å². The summed E-state index contributed by atoms with van der Waals surface area (Å²) in [6.45, 7) is 2.97. The van der Waals surface area contributed by atoms with Gasteiger partial charge in [-0.2, -0.15) is 0 Å². The van der Waals surface area contributed by atoms with Gasteiger partial charge in [-0.1, -0.05) is 66.7 Å². The Balaban J connectivity index is 1.54. The van der Waals surface area contributed by atoms with Crippen molar-refractivity contribution >= 4 is 23.3 Å². The number of esters is 1. The van der Waals surface area contributed by atoms with Crippen molar-refractivity contribution in [2.45, 2.75) is 26.4 Å². The number of carbonyl (C=O) groups is 3. The van der Waals surface area contributed by atoms with Crippen LogP contribution in [0.5, 0.6) is 0 Å². The van der Waals surface area contributed by atoms with E-state index in [2.05, 4.69) is 5.32 Å². The van der Waals surface area contributed by atoms with Crippen molar-refractivity contribution in [2.24, 2.45) is 0 Å². The summed E-state index contributed by atoms with van der Waals surface area (Å²) < 4.78 is 5.26. The number of anilines is 1. The van der Waals surface area contributed by atoms with E-state index in [1.165, 1.54) is 13.8 Å². The molecular formula is C25H23NO4. The monoisotopic (exact) mass is 401 g/mol. The standard InChI is InChI=1S/C25H23NO4/c1-17(27)22-9-6-10-23(16-22)26-25(29)18(2)30-24(28)15-19-11-13-21(14-12-19)20-7-4-3-5-8-20/h3-14,16,18H,15H2,1-2H3,(H,26,29)/t18-/m1/s1. The van der Waals surface area contributed by atoms with Gasteiger partial charge in [-0.15, -0.1) is 0 Å². The van der Waals surface area contributed by atoms with Crippen molar-refractivity contribution in [1.82, 2.24) is 0 Å². The molecule has 0 spiro atoms. The second-order valence-corrected chi connectivity index (χ2v) is 7.00. The summed E-state index contributed by atoms with van der Waals surface area (Å²) in [7, 11) is 0. The van der Waals surface area contributed by atoms with Gasteiger partial charge in [-0.25, -0.2) is 0 Å². The molecule has 0 radical (unpaired) electrons. The highest BCUT2D eigenvalue weighted by Gasteiger charge is 2.18. The number of hydrogen-bond acceptors (Lipinski definition) is 4. The predicted molar refractivity (Wildman–Crippen MR) is 116 cm³/mol. The van der Waals surface area contributed by atoms with E-state index >= 15 is 0 Å². The first kappa shape index (κ1) is 21.0. The molecule has 5 heteroatoms. The summed E-state index contributed by atoms with van der Waals surface area (Å²) in [5, 5.41) is 2.66. The lowest BCUT2D eigenvalue weighted by molar-refractivity contribution is -0.152. The Morgan fingerprint density at radius 1 is 0.867 bits per heavy atom. The lowest BCUT2D eigenvalue weighted by Gasteiger charge is -2.14. The zero-order chi connectivity index (χ0) is 21.5. The fraction of sp³-hybridized carbons (Fsp3) is 0.160. The number of ether oxygens (including phenoxy) is 1. The van der Waals surface area contributed by atoms with Crippen LogP contribution in [0.2, 0.25) is 0 Å². The Morgan fingerprint density at radius 3 is 2.20 bits per heavy atom. The highest BCUT2D eigenvalue weighted by molar-refractivity contribution is 5.98. The lowest BCUT2D eigenvalue weighted by Crippen LogP contribution is -2.30. The Bertz CT molecular complexity index is 1040. The van der Waals surface area contributed by atoms with E-state index in [1.54, 1.807) is 24.3 Å². The van der Waals surface area contributed by atoms with Crippen LogP contribution >= 0.6 is 0 Å². The summed E-state index contributed by atoms with van der Waals surface area (Å²) in [4.78, 5) is 36.0. The van der Waals surface area contributed by atoms with Crippen LogP contribution in [0.1, 0.15) is 29.8 Å². The molecule has 0 aliphatic heterocycles. The quantitative estimate of drug-likeness (QED) is 0.461. The zero-order valence-corrected chi connectivity index (χ0v) is 16.9. The zero-order valence-electron chi connectivity index (χ0n) is 16.9. The summed E-state index contributed by atoms with van der Waals surface area (Å²) in [6, 6.07) is 24.2. The van der Waals surface area contributed by atoms with Gasteiger partial charge in [0.15, 0.2) is 11.9 Å². The van der Waals surface area contributed by atoms with Crippen LogP contribution < -0.4 is 5.32 Å². The third-order valence-electron chi connectivity index (χ3n) is 4.62. The molecule has 3 aromatic carbocycles. The van der Waals surface area contributed by atoms with Crippen LogP contribution in [0.3, 0.4) is 0 Å². The third kappa shape index (κ3) is 5.64. The van der Waals surface area contributed by atoms with Crippen LogP contribution in [0, 0.1) is 0 Å². The molecule has 5 nitrogen and oxygen atoms in total. The SMILES string of the molecule is CC(=O)c1cccc(NC(=O)[C@@H](C)OC(=O)Cc2ccc(-c3ccccc3)cc2)c1. The van der Waals surface area contributed by atoms with E-state index in [1.807, 2.05) is 54.6 Å². The van der Waals surface area contributed by atoms with Crippen LogP contribution in [0.4, 0.5) is 5.69 Å². The van der Waals surface area contributed by atoms with E-state index in [-0.39, 0.29) is 12.2 Å². The molecule has 0 aromatic heterocycles. The van der Waals surface area contributed by atoms with E-state index < -0.39 is 18.0 Å². The molecule has 0 fully saturated rings. The van der Waals surface area contributed by atoms with Crippen LogP contribution in [0.25, 0.3) is 11.1 Å². The molecule has 1 amide bonds. The number of amides is 1. The molecule has 1 N–H and O–H groups in total. The maximum atomic E-state index is 12.3. The Kier molecular flexibility index (Phi) is 6.75. The highest BCUT2D eigenvalue weighted by Crippen LogP contribution is 2.19. The Morgan fingerprint density at radius 2 is 1.53 bits per heavy atom. The van der Waals surface area contributed by atoms with E-state index in [0.717, 1.165) is 16.7 Å². The Labute approximate surface area is 175 Å². The molecule has 0 aliphatic rings. The Hall–Kier alpha value is -3.73. The smallest absolute Gasteiger partial charge is 0.311 e. The van der Waals surface area contributed by atoms with E-state index in [4.69, 9.17) is 4.74 Å². The number of hydrogen-bond donors (Lipinski definition) is 1. The van der Waals surface area contributed by atoms with Gasteiger partial charge in [0, 0.05) is 11.3 Å². The maximum Gasteiger partial charge on any atom is 0.311 e. The molecule has 30 heavy (non-hydrogen) atoms. The molecule has 3 rings (SSSR count). The number of rotatable bonds is 7. The summed E-state index contributed by atoms with van der Waals surface area (Å²) in [5.41, 5.74) is 3.95. The molecule has 0 aliphatic carbocycles. The molecule has 0 unspecified atom stereocenters. The first-order valence-corrected chi connectivity index (χ1v) is 9.68. The van der Waals surface area contributed by atoms with Crippen molar-refractivity contribution in [1.29, 1.82) is 0 Å². The summed E-state index contributed by atoms with van der Waals surface area (Å²) >= 11 is 0. The number of benzene rings is 3. The fourth-order valence-corrected chi connectivity index (χ4v) is 2.96. The number of Topliss-reactive ketones (excluding diaryl/α,β-unsaturated/α-hetero) is 1. The van der Waals surface area contributed by atoms with Gasteiger partial charge >= 0.3 is 5.97 Å². The maximum absolute atomic E-state index is 12.3. The first-order valence-electron chi connectivity index (χ1n) is 9.68. The first-order chi connectivity index (χ1) is 14.4. The van der Waals surface area contributed by atoms with E-state index in [0.29, 0.717) is 11.3 Å². The number of carbonyl (C=O) groups excluding carboxylic acids is 3. The van der Waals surface area contributed by atoms with Crippen molar-refractivity contribution in [3.8, 4) is 11.1 Å². The van der Waals surface area contributed by atoms with Gasteiger partial charge in [0.2, 0.25) is 0 Å². The van der Waals surface area contributed by atoms with Crippen LogP contribution in [-0.2, 0) is 20.7 Å². The van der Waals surface area contributed by atoms with E-state index in [9.17, 15) is 14.4 Å². The predicted octanol–water partition coefficient (Wildman–Crippen LogP) is 4.67. The fourth-order valence-electron chi connectivity index (χ4n) is 2.96. The molecule has 3 aromatic rings. The minimum atomic E-state index is -0.956. The van der Waals surface area contributed by atoms with Gasteiger partial charge in [0.25, 0.3) is 5.91 Å². The van der Waals surface area contributed by atoms with Gasteiger partial charge < -0.3 is 10.1 Å². The van der Waals surface area contributed by atoms with Crippen molar-refractivity contribution in [3.05, 3.63) is 90.0 Å². The highest BCUT2D eigenvalue weighted by atomic mass is 16.5. The minimum absolute atomic E-state index is 0.0759. The molecule has 1 atom stereocenters. The molecule has 0 heterocycles. The topological polar surface area (TPSA) is 72.5 Å². The van der Waals surface area contributed by atoms with Gasteiger partial charge in [-0.05, 0) is 42.7 Å². The van der Waals surface area contributed by atoms with Crippen LogP contribution in [0.15, 0.2) is 78.9 Å². The largest absolute Gasteiger partial charge is 0.452 e. The van der Waals surface area contributed by atoms with Gasteiger partial charge in [-0.3, -0.25) is 14.4 Å². The summed E-state index contributed by atoms with van der Waals surface area (Å²) in [6.07, 6.45) is -0.881. The number of nitrogens with one attached hydrogen (secondary N) is 1. The average Bonchev–Trinajstić information content (AvgIpc) is 2.75. The normalized spacial score (nSPS) is 11.4. The average molecular weight is 401 g/mol. The van der Waals surface area contributed by atoms with Crippen molar-refractivity contribution in [2.75, 3.05) is 5.32 Å². The van der Waals surface area contributed by atoms with Crippen molar-refractivity contribution in [3.63, 3.8) is 0 Å². The molecular weight excluding hydrogens is 378 g/mol. The van der Waals surface area contributed by atoms with Crippen molar-refractivity contribution < 1.29 is 19.1 Å². The summed E-state index contributed by atoms with van der Waals surface area (Å²) in [5.74, 6) is -1.03. The lowest BCUT2D eigenvalue weighted by atomic mass is 10.0. The second-order valence-electron chi connectivity index (χ2n) is 7.00. The molecule has 0 saturated heterocycles. The minimum Gasteiger partial charge on any atom is -0.452 e. The number of ketones is 1.